The van der Waals surface area contributed by atoms with Crippen LogP contribution in [0, 0.1) is 13.8 Å². The van der Waals surface area contributed by atoms with Gasteiger partial charge in [-0.15, -0.1) is 0 Å². The molecule has 3 aromatic rings. The van der Waals surface area contributed by atoms with Gasteiger partial charge in [0.05, 0.1) is 25.5 Å². The van der Waals surface area contributed by atoms with Gasteiger partial charge in [-0.2, -0.15) is 0 Å². The summed E-state index contributed by atoms with van der Waals surface area (Å²) < 4.78 is 16.1. The number of carbonyl (C=O) groups is 3. The smallest absolute Gasteiger partial charge is 0.342 e. The summed E-state index contributed by atoms with van der Waals surface area (Å²) >= 11 is 0. The molecule has 2 heterocycles. The Balaban J connectivity index is 1.51. The number of benzene rings is 2. The number of piperazine rings is 1. The first-order valence-electron chi connectivity index (χ1n) is 12.6. The Hall–Kier alpha value is -4.47. The van der Waals surface area contributed by atoms with E-state index in [2.05, 4.69) is 9.97 Å². The maximum Gasteiger partial charge on any atom is 0.342 e. The van der Waals surface area contributed by atoms with Crippen LogP contribution < -0.4 is 9.47 Å². The van der Waals surface area contributed by atoms with Gasteiger partial charge >= 0.3 is 5.97 Å². The van der Waals surface area contributed by atoms with Crippen LogP contribution in [0.2, 0.25) is 0 Å². The zero-order valence-electron chi connectivity index (χ0n) is 22.8. The minimum atomic E-state index is -0.659. The highest BCUT2D eigenvalue weighted by Gasteiger charge is 2.34. The second-order valence-corrected chi connectivity index (χ2v) is 9.31. The van der Waals surface area contributed by atoms with Gasteiger partial charge in [0.15, 0.2) is 0 Å². The Morgan fingerprint density at radius 1 is 0.949 bits per heavy atom. The molecule has 0 spiro atoms. The van der Waals surface area contributed by atoms with E-state index < -0.39 is 11.9 Å². The summed E-state index contributed by atoms with van der Waals surface area (Å²) in [6.07, 6.45) is 0. The van der Waals surface area contributed by atoms with Crippen LogP contribution in [0.15, 0.2) is 48.5 Å². The number of esters is 1. The van der Waals surface area contributed by atoms with Crippen molar-refractivity contribution in [3.63, 3.8) is 0 Å². The molecule has 0 bridgehead atoms. The molecule has 10 heteroatoms. The molecule has 0 N–H and O–H groups in total. The van der Waals surface area contributed by atoms with Crippen molar-refractivity contribution in [3.8, 4) is 11.5 Å². The van der Waals surface area contributed by atoms with Gasteiger partial charge in [-0.1, -0.05) is 30.3 Å². The van der Waals surface area contributed by atoms with Crippen molar-refractivity contribution >= 4 is 17.8 Å². The summed E-state index contributed by atoms with van der Waals surface area (Å²) in [6.45, 7) is 6.11. The molecule has 0 aliphatic carbocycles. The Morgan fingerprint density at radius 2 is 1.69 bits per heavy atom. The van der Waals surface area contributed by atoms with E-state index in [9.17, 15) is 14.4 Å². The van der Waals surface area contributed by atoms with Crippen LogP contribution in [0.1, 0.15) is 55.2 Å². The molecule has 1 aliphatic heterocycles. The number of aromatic nitrogens is 2. The van der Waals surface area contributed by atoms with E-state index in [1.54, 1.807) is 49.0 Å². The highest BCUT2D eigenvalue weighted by molar-refractivity contribution is 6.05. The van der Waals surface area contributed by atoms with Crippen molar-refractivity contribution < 1.29 is 28.6 Å². The lowest BCUT2D eigenvalue weighted by molar-refractivity contribution is 0.0400. The Bertz CT molecular complexity index is 1380. The van der Waals surface area contributed by atoms with Gasteiger partial charge in [0.1, 0.15) is 35.2 Å². The van der Waals surface area contributed by atoms with Gasteiger partial charge in [-0.3, -0.25) is 9.59 Å². The van der Waals surface area contributed by atoms with Gasteiger partial charge in [-0.05, 0) is 38.5 Å². The van der Waals surface area contributed by atoms with Gasteiger partial charge in [0.2, 0.25) is 0 Å². The van der Waals surface area contributed by atoms with Gasteiger partial charge in [-0.25, -0.2) is 14.8 Å². The third kappa shape index (κ3) is 6.00. The van der Waals surface area contributed by atoms with E-state index in [4.69, 9.17) is 14.2 Å². The number of rotatable bonds is 7. The number of hydrogen-bond donors (Lipinski definition) is 0. The van der Waals surface area contributed by atoms with Crippen molar-refractivity contribution in [2.24, 2.45) is 0 Å². The fourth-order valence-corrected chi connectivity index (χ4v) is 4.63. The molecule has 1 fully saturated rings. The molecule has 1 atom stereocenters. The zero-order valence-corrected chi connectivity index (χ0v) is 22.8. The maximum atomic E-state index is 13.7. The minimum absolute atomic E-state index is 0.00172. The van der Waals surface area contributed by atoms with Crippen LogP contribution in [0.3, 0.4) is 0 Å². The van der Waals surface area contributed by atoms with Crippen LogP contribution in [0.25, 0.3) is 0 Å². The van der Waals surface area contributed by atoms with Crippen LogP contribution in [0.4, 0.5) is 0 Å². The van der Waals surface area contributed by atoms with E-state index in [0.29, 0.717) is 35.1 Å². The summed E-state index contributed by atoms with van der Waals surface area (Å²) in [4.78, 5) is 52.1. The van der Waals surface area contributed by atoms with Gasteiger partial charge in [0, 0.05) is 31.7 Å². The summed E-state index contributed by atoms with van der Waals surface area (Å²) in [5.41, 5.74) is 1.66. The summed E-state index contributed by atoms with van der Waals surface area (Å²) in [5, 5.41) is 0. The fraction of sp³-hybridized carbons (Fsp3) is 0.345. The number of methoxy groups -OCH3 is 2. The lowest BCUT2D eigenvalue weighted by Crippen LogP contribution is -2.55. The molecule has 204 valence electrons. The van der Waals surface area contributed by atoms with E-state index >= 15 is 0 Å². The molecular formula is C29H32N4O6. The van der Waals surface area contributed by atoms with E-state index in [1.165, 1.54) is 7.11 Å². The first kappa shape index (κ1) is 27.6. The number of carbonyl (C=O) groups excluding carboxylic acids is 3. The van der Waals surface area contributed by atoms with Gasteiger partial charge < -0.3 is 24.0 Å². The fourth-order valence-electron chi connectivity index (χ4n) is 4.63. The van der Waals surface area contributed by atoms with Crippen LogP contribution in [-0.4, -0.2) is 77.4 Å². The topological polar surface area (TPSA) is 111 Å². The quantitative estimate of drug-likeness (QED) is 0.426. The molecule has 1 saturated heterocycles. The zero-order chi connectivity index (χ0) is 28.1. The second-order valence-electron chi connectivity index (χ2n) is 9.31. The number of aryl methyl sites for hydroxylation is 2. The predicted molar refractivity (Wildman–Crippen MR) is 143 cm³/mol. The molecule has 1 unspecified atom stereocenters. The average molecular weight is 533 g/mol. The molecule has 4 rings (SSSR count). The average Bonchev–Trinajstić information content (AvgIpc) is 2.94. The Labute approximate surface area is 227 Å². The second kappa shape index (κ2) is 11.9. The lowest BCUT2D eigenvalue weighted by atomic mass is 10.1. The van der Waals surface area contributed by atoms with Crippen molar-refractivity contribution in [2.45, 2.75) is 33.4 Å². The lowest BCUT2D eigenvalue weighted by Gasteiger charge is -2.40. The highest BCUT2D eigenvalue weighted by Crippen LogP contribution is 2.27. The molecule has 2 amide bonds. The summed E-state index contributed by atoms with van der Waals surface area (Å²) in [7, 11) is 3.04. The molecule has 0 radical (unpaired) electrons. The normalized spacial score (nSPS) is 15.1. The standard InChI is InChI=1S/C29H32N4O6/c1-18-16-32(13-14-33(18)27(34)23-12-11-22(37-4)15-24(23)38-5)28(35)26-25(19(2)30-20(3)31-26)29(36)39-17-21-9-7-6-8-10-21/h6-12,15,18H,13-14,16-17H2,1-5H3. The molecule has 10 nitrogen and oxygen atoms in total. The molecule has 1 aliphatic rings. The van der Waals surface area contributed by atoms with E-state index in [1.807, 2.05) is 37.3 Å². The van der Waals surface area contributed by atoms with Crippen LogP contribution in [0.5, 0.6) is 11.5 Å². The van der Waals surface area contributed by atoms with E-state index in [-0.39, 0.29) is 42.9 Å². The van der Waals surface area contributed by atoms with Crippen molar-refractivity contribution in [2.75, 3.05) is 33.9 Å². The molecule has 1 aromatic heterocycles. The maximum absolute atomic E-state index is 13.7. The number of nitrogens with zero attached hydrogens (tertiary/aromatic N) is 4. The Kier molecular flexibility index (Phi) is 8.43. The molecule has 39 heavy (non-hydrogen) atoms. The summed E-state index contributed by atoms with van der Waals surface area (Å²) in [5.74, 6) is 0.109. The van der Waals surface area contributed by atoms with Crippen LogP contribution >= 0.6 is 0 Å². The van der Waals surface area contributed by atoms with Crippen molar-refractivity contribution in [3.05, 3.63) is 82.4 Å². The van der Waals surface area contributed by atoms with Crippen molar-refractivity contribution in [1.82, 2.24) is 19.8 Å². The molecule has 2 aromatic carbocycles. The third-order valence-electron chi connectivity index (χ3n) is 6.64. The predicted octanol–water partition coefficient (Wildman–Crippen LogP) is 3.45. The van der Waals surface area contributed by atoms with Gasteiger partial charge in [0.25, 0.3) is 11.8 Å². The minimum Gasteiger partial charge on any atom is -0.497 e. The SMILES string of the molecule is COc1ccc(C(=O)N2CCN(C(=O)c3nc(C)nc(C)c3C(=O)OCc3ccccc3)CC2C)c(OC)c1. The first-order valence-corrected chi connectivity index (χ1v) is 12.6. The van der Waals surface area contributed by atoms with E-state index in [0.717, 1.165) is 5.56 Å². The largest absolute Gasteiger partial charge is 0.497 e. The first-order chi connectivity index (χ1) is 18.7. The monoisotopic (exact) mass is 532 g/mol. The molecular weight excluding hydrogens is 500 g/mol. The number of ether oxygens (including phenoxy) is 3. The highest BCUT2D eigenvalue weighted by atomic mass is 16.5. The number of hydrogen-bond acceptors (Lipinski definition) is 8. The third-order valence-corrected chi connectivity index (χ3v) is 6.64. The van der Waals surface area contributed by atoms with Crippen molar-refractivity contribution in [1.29, 1.82) is 0 Å². The number of amides is 2. The Morgan fingerprint density at radius 3 is 2.36 bits per heavy atom. The summed E-state index contributed by atoms with van der Waals surface area (Å²) in [6, 6.07) is 14.0. The van der Waals surface area contributed by atoms with Crippen LogP contribution in [-0.2, 0) is 11.3 Å². The molecule has 0 saturated carbocycles.